The van der Waals surface area contributed by atoms with Crippen LogP contribution in [0.25, 0.3) is 9.88 Å². The van der Waals surface area contributed by atoms with Crippen LogP contribution in [0.15, 0.2) is 39.9 Å². The summed E-state index contributed by atoms with van der Waals surface area (Å²) in [5.41, 5.74) is 3.64. The van der Waals surface area contributed by atoms with E-state index in [4.69, 9.17) is 0 Å². The monoisotopic (exact) mass is 392 g/mol. The molecule has 0 radical (unpaired) electrons. The highest BCUT2D eigenvalue weighted by Crippen LogP contribution is 2.35. The van der Waals surface area contributed by atoms with E-state index in [1.54, 1.807) is 23.5 Å². The number of thiazole rings is 1. The minimum atomic E-state index is -3.60. The molecular weight excluding hydrogens is 372 g/mol. The van der Waals surface area contributed by atoms with Crippen LogP contribution in [0.1, 0.15) is 36.6 Å². The maximum atomic E-state index is 12.7. The number of sulfonamides is 1. The largest absolute Gasteiger partial charge is 0.279 e. The molecule has 0 atom stereocenters. The summed E-state index contributed by atoms with van der Waals surface area (Å²) in [4.78, 5) is 5.47. The van der Waals surface area contributed by atoms with Crippen LogP contribution in [0.3, 0.4) is 0 Å². The Morgan fingerprint density at radius 3 is 2.56 bits per heavy atom. The van der Waals surface area contributed by atoms with Crippen molar-refractivity contribution in [2.24, 2.45) is 0 Å². The van der Waals surface area contributed by atoms with E-state index in [9.17, 15) is 8.42 Å². The Morgan fingerprint density at radius 2 is 1.88 bits per heavy atom. The number of aryl methyl sites for hydroxylation is 1. The predicted molar refractivity (Wildman–Crippen MR) is 106 cm³/mol. The molecule has 1 N–H and O–H groups in total. The first-order chi connectivity index (χ1) is 11.8. The molecule has 4 nitrogen and oxygen atoms in total. The molecule has 3 rings (SSSR count). The third kappa shape index (κ3) is 3.78. The number of anilines is 1. The number of nitrogens with zero attached hydrogens (tertiary/aromatic N) is 1. The van der Waals surface area contributed by atoms with Crippen molar-refractivity contribution in [3.63, 3.8) is 0 Å². The summed E-state index contributed by atoms with van der Waals surface area (Å²) in [5.74, 6) is 0.360. The summed E-state index contributed by atoms with van der Waals surface area (Å²) in [7, 11) is -3.60. The van der Waals surface area contributed by atoms with Crippen molar-refractivity contribution in [2.45, 2.75) is 37.8 Å². The Kier molecular flexibility index (Phi) is 4.99. The van der Waals surface area contributed by atoms with Gasteiger partial charge in [0.25, 0.3) is 10.0 Å². The lowest BCUT2D eigenvalue weighted by Crippen LogP contribution is -2.12. The minimum Gasteiger partial charge on any atom is -0.279 e. The number of thiophene rings is 1. The van der Waals surface area contributed by atoms with Gasteiger partial charge in [0.15, 0.2) is 0 Å². The average Bonchev–Trinajstić information content (AvgIpc) is 3.20. The highest BCUT2D eigenvalue weighted by molar-refractivity contribution is 7.94. The molecule has 1 aromatic carbocycles. The second-order valence-corrected chi connectivity index (χ2v) is 10.1. The van der Waals surface area contributed by atoms with Crippen LogP contribution in [-0.2, 0) is 10.0 Å². The lowest BCUT2D eigenvalue weighted by molar-refractivity contribution is 0.603. The van der Waals surface area contributed by atoms with Gasteiger partial charge in [0.05, 0.1) is 16.3 Å². The third-order valence-corrected chi connectivity index (χ3v) is 7.99. The van der Waals surface area contributed by atoms with Gasteiger partial charge < -0.3 is 0 Å². The smallest absolute Gasteiger partial charge is 0.271 e. The molecule has 3 aromatic rings. The molecule has 0 bridgehead atoms. The summed E-state index contributed by atoms with van der Waals surface area (Å²) < 4.78 is 28.4. The van der Waals surface area contributed by atoms with Gasteiger partial charge in [-0.2, -0.15) is 0 Å². The number of rotatable bonds is 5. The van der Waals surface area contributed by atoms with E-state index in [-0.39, 0.29) is 0 Å². The molecule has 0 aliphatic heterocycles. The summed E-state index contributed by atoms with van der Waals surface area (Å²) >= 11 is 2.79. The second-order valence-electron chi connectivity index (χ2n) is 6.20. The second kappa shape index (κ2) is 6.90. The van der Waals surface area contributed by atoms with Gasteiger partial charge in [-0.05, 0) is 49.1 Å². The predicted octanol–water partition coefficient (Wildman–Crippen LogP) is 5.41. The molecule has 2 aromatic heterocycles. The maximum absolute atomic E-state index is 12.7. The first kappa shape index (κ1) is 18.1. The Hall–Kier alpha value is -1.70. The van der Waals surface area contributed by atoms with Crippen LogP contribution in [0, 0.1) is 13.8 Å². The summed E-state index contributed by atoms with van der Waals surface area (Å²) in [5, 5.41) is 2.89. The highest BCUT2D eigenvalue weighted by atomic mass is 32.2. The number of aromatic nitrogens is 1. The quantitative estimate of drug-likeness (QED) is 0.631. The molecule has 0 saturated heterocycles. The van der Waals surface area contributed by atoms with Crippen molar-refractivity contribution in [3.8, 4) is 9.88 Å². The van der Waals surface area contributed by atoms with E-state index in [2.05, 4.69) is 23.6 Å². The van der Waals surface area contributed by atoms with Gasteiger partial charge in [-0.1, -0.05) is 26.0 Å². The van der Waals surface area contributed by atoms with E-state index < -0.39 is 10.0 Å². The molecule has 0 aliphatic rings. The van der Waals surface area contributed by atoms with Crippen molar-refractivity contribution >= 4 is 38.4 Å². The number of hydrogen-bond donors (Lipinski definition) is 1. The molecule has 0 amide bonds. The summed E-state index contributed by atoms with van der Waals surface area (Å²) in [6, 6.07) is 9.06. The fraction of sp³-hybridized carbons (Fsp3) is 0.278. The molecule has 2 heterocycles. The van der Waals surface area contributed by atoms with Crippen LogP contribution < -0.4 is 4.72 Å². The topological polar surface area (TPSA) is 59.1 Å². The zero-order valence-electron chi connectivity index (χ0n) is 14.5. The van der Waals surface area contributed by atoms with Crippen molar-refractivity contribution in [1.82, 2.24) is 4.98 Å². The van der Waals surface area contributed by atoms with Crippen LogP contribution in [-0.4, -0.2) is 13.4 Å². The van der Waals surface area contributed by atoms with Gasteiger partial charge in [-0.25, -0.2) is 13.4 Å². The van der Waals surface area contributed by atoms with E-state index in [1.807, 2.05) is 37.4 Å². The van der Waals surface area contributed by atoms with E-state index in [0.29, 0.717) is 15.8 Å². The normalized spacial score (nSPS) is 11.9. The maximum Gasteiger partial charge on any atom is 0.271 e. The molecule has 0 unspecified atom stereocenters. The van der Waals surface area contributed by atoms with E-state index in [1.165, 1.54) is 11.3 Å². The van der Waals surface area contributed by atoms with Gasteiger partial charge in [0.1, 0.15) is 9.22 Å². The van der Waals surface area contributed by atoms with Gasteiger partial charge in [0.2, 0.25) is 0 Å². The lowest BCUT2D eigenvalue weighted by Gasteiger charge is -2.10. The Labute approximate surface area is 156 Å². The van der Waals surface area contributed by atoms with Gasteiger partial charge >= 0.3 is 0 Å². The average molecular weight is 393 g/mol. The molecule has 0 aliphatic carbocycles. The number of benzene rings is 1. The molecule has 7 heteroatoms. The highest BCUT2D eigenvalue weighted by Gasteiger charge is 2.20. The molecule has 0 fully saturated rings. The molecule has 25 heavy (non-hydrogen) atoms. The molecular formula is C18H20N2O2S3. The Balaban J connectivity index is 1.88. The van der Waals surface area contributed by atoms with Crippen molar-refractivity contribution < 1.29 is 8.42 Å². The molecule has 0 spiro atoms. The summed E-state index contributed by atoms with van der Waals surface area (Å²) in [6.07, 6.45) is 0. The number of nitrogens with one attached hydrogen (secondary N) is 1. The first-order valence-electron chi connectivity index (χ1n) is 7.92. The first-order valence-corrected chi connectivity index (χ1v) is 11.1. The Morgan fingerprint density at radius 1 is 1.12 bits per heavy atom. The van der Waals surface area contributed by atoms with E-state index in [0.717, 1.165) is 26.7 Å². The van der Waals surface area contributed by atoms with Crippen molar-refractivity contribution in [1.29, 1.82) is 0 Å². The van der Waals surface area contributed by atoms with Crippen LogP contribution in [0.2, 0.25) is 0 Å². The zero-order valence-corrected chi connectivity index (χ0v) is 17.0. The van der Waals surface area contributed by atoms with Crippen LogP contribution >= 0.6 is 22.7 Å². The fourth-order valence-electron chi connectivity index (χ4n) is 2.30. The van der Waals surface area contributed by atoms with Gasteiger partial charge in [0, 0.05) is 5.38 Å². The Bertz CT molecular complexity index is 1000. The van der Waals surface area contributed by atoms with E-state index >= 15 is 0 Å². The van der Waals surface area contributed by atoms with Crippen LogP contribution in [0.4, 0.5) is 5.69 Å². The number of hydrogen-bond acceptors (Lipinski definition) is 5. The van der Waals surface area contributed by atoms with Gasteiger partial charge in [-0.15, -0.1) is 22.7 Å². The van der Waals surface area contributed by atoms with Crippen molar-refractivity contribution in [2.75, 3.05) is 4.72 Å². The minimum absolute atomic E-state index is 0.296. The standard InChI is InChI=1S/C18H20N2O2S3/c1-11(2)15-10-23-18(19-15)16-8-9-17(24-16)25(21,22)20-14-7-5-6-12(3)13(14)4/h5-11,20H,1-4H3. The van der Waals surface area contributed by atoms with Crippen LogP contribution in [0.5, 0.6) is 0 Å². The molecule has 0 saturated carbocycles. The molecule has 132 valence electrons. The third-order valence-electron chi connectivity index (χ3n) is 4.02. The SMILES string of the molecule is Cc1cccc(NS(=O)(=O)c2ccc(-c3nc(C(C)C)cs3)s2)c1C. The lowest BCUT2D eigenvalue weighted by atomic mass is 10.1. The summed E-state index contributed by atoms with van der Waals surface area (Å²) in [6.45, 7) is 8.07. The zero-order chi connectivity index (χ0) is 18.2. The van der Waals surface area contributed by atoms with Crippen molar-refractivity contribution in [3.05, 3.63) is 52.5 Å². The van der Waals surface area contributed by atoms with Gasteiger partial charge in [-0.3, -0.25) is 4.72 Å². The fourth-order valence-corrected chi connectivity index (χ4v) is 5.78.